The summed E-state index contributed by atoms with van der Waals surface area (Å²) in [5.41, 5.74) is -0.593. The summed E-state index contributed by atoms with van der Waals surface area (Å²) in [5, 5.41) is 24.1. The Balaban J connectivity index is 1.53. The van der Waals surface area contributed by atoms with Gasteiger partial charge in [-0.1, -0.05) is 29.3 Å². The highest BCUT2D eigenvalue weighted by Gasteiger charge is 2.46. The molecule has 3 aromatic rings. The standard InChI is InChI=1S/C26H28Cl2F2N2O5/c1-25(2,35)14-36-21-6-4-15(11-18(21)28)23(33)19(13-32-8-3-9-32)31-24(34)26(29,30)22-12-16-10-17(27)5-7-20(16)37-22/h4-7,10-12,19,23,33,35H,3,8-9,13-14H2,1-2H3,(H,31,34)/t19-,23-/m1/s1. The predicted octanol–water partition coefficient (Wildman–Crippen LogP) is 4.91. The van der Waals surface area contributed by atoms with Crippen LogP contribution in [-0.4, -0.2) is 58.9 Å². The van der Waals surface area contributed by atoms with Crippen LogP contribution in [0.5, 0.6) is 5.75 Å². The minimum Gasteiger partial charge on any atom is -0.489 e. The van der Waals surface area contributed by atoms with Gasteiger partial charge in [-0.2, -0.15) is 8.78 Å². The zero-order valence-electron chi connectivity index (χ0n) is 20.3. The molecule has 200 valence electrons. The Kier molecular flexibility index (Phi) is 8.02. The molecule has 0 spiro atoms. The van der Waals surface area contributed by atoms with Gasteiger partial charge in [-0.3, -0.25) is 4.79 Å². The third-order valence-electron chi connectivity index (χ3n) is 6.05. The highest BCUT2D eigenvalue weighted by molar-refractivity contribution is 6.32. The van der Waals surface area contributed by atoms with Crippen molar-refractivity contribution in [1.82, 2.24) is 10.2 Å². The molecule has 1 fully saturated rings. The van der Waals surface area contributed by atoms with Crippen molar-refractivity contribution in [1.29, 1.82) is 0 Å². The number of ether oxygens (including phenoxy) is 1. The molecule has 2 heterocycles. The van der Waals surface area contributed by atoms with E-state index in [-0.39, 0.29) is 23.8 Å². The Morgan fingerprint density at radius 1 is 1.19 bits per heavy atom. The largest absolute Gasteiger partial charge is 0.489 e. The molecule has 1 aliphatic rings. The molecule has 0 radical (unpaired) electrons. The molecule has 1 amide bonds. The van der Waals surface area contributed by atoms with Crippen LogP contribution in [0, 0.1) is 0 Å². The van der Waals surface area contributed by atoms with Gasteiger partial charge in [0.15, 0.2) is 5.76 Å². The Hall–Kier alpha value is -2.43. The maximum atomic E-state index is 15.2. The van der Waals surface area contributed by atoms with Gasteiger partial charge in [0.05, 0.1) is 16.7 Å². The number of aliphatic hydroxyl groups excluding tert-OH is 1. The number of hydrogen-bond donors (Lipinski definition) is 3. The number of alkyl halides is 2. The van der Waals surface area contributed by atoms with Gasteiger partial charge in [0.25, 0.3) is 5.91 Å². The second kappa shape index (κ2) is 10.7. The highest BCUT2D eigenvalue weighted by atomic mass is 35.5. The van der Waals surface area contributed by atoms with Gasteiger partial charge in [0, 0.05) is 17.0 Å². The van der Waals surface area contributed by atoms with Gasteiger partial charge in [-0.15, -0.1) is 0 Å². The van der Waals surface area contributed by atoms with Crippen molar-refractivity contribution in [2.45, 2.75) is 43.9 Å². The fourth-order valence-corrected chi connectivity index (χ4v) is 4.34. The molecule has 1 aliphatic heterocycles. The molecule has 1 saturated heterocycles. The first kappa shape index (κ1) is 27.6. The summed E-state index contributed by atoms with van der Waals surface area (Å²) < 4.78 is 41.1. The normalized spacial score (nSPS) is 16.3. The first-order valence-electron chi connectivity index (χ1n) is 11.8. The van der Waals surface area contributed by atoms with Gasteiger partial charge >= 0.3 is 5.92 Å². The molecular weight excluding hydrogens is 529 g/mol. The van der Waals surface area contributed by atoms with Gasteiger partial charge in [0.2, 0.25) is 0 Å². The van der Waals surface area contributed by atoms with Crippen LogP contribution in [0.2, 0.25) is 10.0 Å². The molecule has 11 heteroatoms. The van der Waals surface area contributed by atoms with Crippen LogP contribution in [0.3, 0.4) is 0 Å². The molecule has 3 N–H and O–H groups in total. The molecule has 0 bridgehead atoms. The molecule has 2 aromatic carbocycles. The number of carbonyl (C=O) groups excluding carboxylic acids is 1. The lowest BCUT2D eigenvalue weighted by atomic mass is 9.99. The topological polar surface area (TPSA) is 95.2 Å². The van der Waals surface area contributed by atoms with E-state index in [1.165, 1.54) is 36.4 Å². The number of likely N-dealkylation sites (tertiary alicyclic amines) is 1. The third kappa shape index (κ3) is 6.53. The predicted molar refractivity (Wildman–Crippen MR) is 136 cm³/mol. The summed E-state index contributed by atoms with van der Waals surface area (Å²) in [6.45, 7) is 4.77. The van der Waals surface area contributed by atoms with Crippen LogP contribution in [0.4, 0.5) is 8.78 Å². The molecule has 1 aromatic heterocycles. The van der Waals surface area contributed by atoms with Crippen LogP contribution in [-0.2, 0) is 10.7 Å². The Morgan fingerprint density at radius 3 is 2.54 bits per heavy atom. The van der Waals surface area contributed by atoms with E-state index >= 15 is 8.78 Å². The van der Waals surface area contributed by atoms with Crippen molar-refractivity contribution >= 4 is 40.1 Å². The zero-order valence-corrected chi connectivity index (χ0v) is 21.8. The Morgan fingerprint density at radius 2 is 1.92 bits per heavy atom. The summed E-state index contributed by atoms with van der Waals surface area (Å²) in [4.78, 5) is 14.7. The first-order valence-corrected chi connectivity index (χ1v) is 12.5. The lowest BCUT2D eigenvalue weighted by Crippen LogP contribution is -2.53. The average molecular weight is 557 g/mol. The van der Waals surface area contributed by atoms with Crippen molar-refractivity contribution < 1.29 is 32.9 Å². The van der Waals surface area contributed by atoms with E-state index in [0.29, 0.717) is 21.7 Å². The van der Waals surface area contributed by atoms with Crippen molar-refractivity contribution in [3.63, 3.8) is 0 Å². The SMILES string of the molecule is CC(C)(O)COc1ccc([C@@H](O)[C@@H](CN2CCC2)NC(=O)C(F)(F)c2cc3cc(Cl)ccc3o2)cc1Cl. The minimum absolute atomic E-state index is 0.00859. The Bertz CT molecular complexity index is 1270. The quantitative estimate of drug-likeness (QED) is 0.328. The number of rotatable bonds is 10. The average Bonchev–Trinajstić information content (AvgIpc) is 3.22. The van der Waals surface area contributed by atoms with Gasteiger partial charge in [-0.05, 0) is 75.3 Å². The van der Waals surface area contributed by atoms with Crippen LogP contribution in [0.1, 0.15) is 37.7 Å². The van der Waals surface area contributed by atoms with Gasteiger partial charge in [0.1, 0.15) is 24.0 Å². The van der Waals surface area contributed by atoms with E-state index in [0.717, 1.165) is 25.6 Å². The second-order valence-corrected chi connectivity index (χ2v) is 10.7. The molecular formula is C26H28Cl2F2N2O5. The fourth-order valence-electron chi connectivity index (χ4n) is 3.91. The monoisotopic (exact) mass is 556 g/mol. The molecule has 0 saturated carbocycles. The summed E-state index contributed by atoms with van der Waals surface area (Å²) in [7, 11) is 0. The molecule has 2 atom stereocenters. The smallest absolute Gasteiger partial charge is 0.380 e. The summed E-state index contributed by atoms with van der Waals surface area (Å²) in [6, 6.07) is 8.93. The molecule has 7 nitrogen and oxygen atoms in total. The van der Waals surface area contributed by atoms with Crippen LogP contribution in [0.25, 0.3) is 11.0 Å². The Labute approximate surface area is 222 Å². The number of hydrogen-bond acceptors (Lipinski definition) is 6. The number of furan rings is 1. The molecule has 4 rings (SSSR count). The van der Waals surface area contributed by atoms with Gasteiger partial charge in [-0.25, -0.2) is 0 Å². The van der Waals surface area contributed by atoms with Crippen molar-refractivity contribution in [2.24, 2.45) is 0 Å². The van der Waals surface area contributed by atoms with E-state index in [2.05, 4.69) is 5.32 Å². The first-order chi connectivity index (χ1) is 17.3. The summed E-state index contributed by atoms with van der Waals surface area (Å²) in [5.74, 6) is -6.13. The number of aliphatic hydroxyl groups is 2. The maximum Gasteiger partial charge on any atom is 0.380 e. The van der Waals surface area contributed by atoms with E-state index in [1.54, 1.807) is 13.8 Å². The third-order valence-corrected chi connectivity index (χ3v) is 6.58. The van der Waals surface area contributed by atoms with E-state index in [4.69, 9.17) is 32.4 Å². The maximum absolute atomic E-state index is 15.2. The molecule has 37 heavy (non-hydrogen) atoms. The molecule has 0 unspecified atom stereocenters. The molecule has 0 aliphatic carbocycles. The van der Waals surface area contributed by atoms with E-state index in [1.807, 2.05) is 4.90 Å². The number of amides is 1. The number of fused-ring (bicyclic) bond motifs is 1. The van der Waals surface area contributed by atoms with Gasteiger partial charge < -0.3 is 29.6 Å². The van der Waals surface area contributed by atoms with Crippen molar-refractivity contribution in [3.8, 4) is 5.75 Å². The lowest BCUT2D eigenvalue weighted by Gasteiger charge is -2.36. The number of nitrogens with zero attached hydrogens (tertiary/aromatic N) is 1. The second-order valence-electron chi connectivity index (χ2n) is 9.84. The fraction of sp³-hybridized carbons (Fsp3) is 0.423. The zero-order chi connectivity index (χ0) is 27.0. The summed E-state index contributed by atoms with van der Waals surface area (Å²) in [6.07, 6.45) is -0.399. The van der Waals surface area contributed by atoms with Crippen LogP contribution < -0.4 is 10.1 Å². The highest BCUT2D eigenvalue weighted by Crippen LogP contribution is 2.35. The van der Waals surface area contributed by atoms with Crippen LogP contribution >= 0.6 is 23.2 Å². The summed E-state index contributed by atoms with van der Waals surface area (Å²) >= 11 is 12.2. The number of halogens is 4. The van der Waals surface area contributed by atoms with Crippen molar-refractivity contribution in [3.05, 3.63) is 63.8 Å². The number of nitrogens with one attached hydrogen (secondary N) is 1. The number of benzene rings is 2. The lowest BCUT2D eigenvalue weighted by molar-refractivity contribution is -0.151. The van der Waals surface area contributed by atoms with Crippen LogP contribution in [0.15, 0.2) is 46.9 Å². The number of carbonyl (C=O) groups is 1. The van der Waals surface area contributed by atoms with E-state index < -0.39 is 35.3 Å². The minimum atomic E-state index is -4.00. The van der Waals surface area contributed by atoms with E-state index in [9.17, 15) is 15.0 Å². The van der Waals surface area contributed by atoms with Crippen molar-refractivity contribution in [2.75, 3.05) is 26.2 Å².